The zero-order chi connectivity index (χ0) is 20.4. The largest absolute Gasteiger partial charge is 0.366 e. The third-order valence-electron chi connectivity index (χ3n) is 5.69. The number of carbonyl (C=O) groups is 2. The Labute approximate surface area is 170 Å². The number of hydrogen-bond acceptors (Lipinski definition) is 5. The predicted molar refractivity (Wildman–Crippen MR) is 113 cm³/mol. The van der Waals surface area contributed by atoms with Crippen LogP contribution >= 0.6 is 0 Å². The van der Waals surface area contributed by atoms with Crippen LogP contribution in [0.15, 0.2) is 36.5 Å². The second kappa shape index (κ2) is 8.21. The summed E-state index contributed by atoms with van der Waals surface area (Å²) in [4.78, 5) is 33.4. The highest BCUT2D eigenvalue weighted by atomic mass is 16.2. The molecule has 0 spiro atoms. The highest BCUT2D eigenvalue weighted by Crippen LogP contribution is 2.30. The smallest absolute Gasteiger partial charge is 0.255 e. The Balaban J connectivity index is 1.42. The fraction of sp³-hybridized carbons (Fsp3) is 0.409. The van der Waals surface area contributed by atoms with Gasteiger partial charge in [-0.25, -0.2) is 4.98 Å². The molecule has 1 saturated carbocycles. The van der Waals surface area contributed by atoms with Crippen molar-refractivity contribution in [3.8, 4) is 0 Å². The fourth-order valence-corrected chi connectivity index (χ4v) is 3.66. The molecule has 7 heteroatoms. The number of nitrogens with two attached hydrogens (primary N) is 1. The first-order chi connectivity index (χ1) is 14.0. The first-order valence-electron chi connectivity index (χ1n) is 10.1. The van der Waals surface area contributed by atoms with Gasteiger partial charge in [-0.15, -0.1) is 0 Å². The van der Waals surface area contributed by atoms with E-state index in [0.717, 1.165) is 43.5 Å². The Kier molecular flexibility index (Phi) is 5.49. The van der Waals surface area contributed by atoms with Crippen LogP contribution in [0.1, 0.15) is 39.1 Å². The van der Waals surface area contributed by atoms with Gasteiger partial charge < -0.3 is 16.0 Å². The summed E-state index contributed by atoms with van der Waals surface area (Å²) >= 11 is 0. The monoisotopic (exact) mass is 393 g/mol. The van der Waals surface area contributed by atoms with Gasteiger partial charge in [-0.3, -0.25) is 14.5 Å². The number of anilines is 2. The summed E-state index contributed by atoms with van der Waals surface area (Å²) in [6.07, 6.45) is 4.43. The van der Waals surface area contributed by atoms with E-state index in [1.807, 2.05) is 13.0 Å². The molecule has 0 unspecified atom stereocenters. The van der Waals surface area contributed by atoms with Gasteiger partial charge in [-0.2, -0.15) is 0 Å². The van der Waals surface area contributed by atoms with Crippen LogP contribution in [-0.4, -0.2) is 54.4 Å². The molecule has 1 aliphatic carbocycles. The number of benzene rings is 1. The lowest BCUT2D eigenvalue weighted by Gasteiger charge is -2.35. The van der Waals surface area contributed by atoms with Crippen molar-refractivity contribution in [1.82, 2.24) is 9.88 Å². The van der Waals surface area contributed by atoms with E-state index in [1.165, 1.54) is 19.4 Å². The average Bonchev–Trinajstić information content (AvgIpc) is 3.54. The standard InChI is InChI=1S/C22H27N5O2/c1-15-2-5-17(21(23)28)12-19(15)25-22(29)18-6-7-24-20(13-18)27-10-8-26(9-11-27)14-16-3-4-16/h2,5-7,12-13,16H,3-4,8-11,14H2,1H3,(H2,23,28)(H,25,29). The second-order valence-electron chi connectivity index (χ2n) is 7.98. The number of hydrogen-bond donors (Lipinski definition) is 2. The van der Waals surface area contributed by atoms with Crippen LogP contribution in [0.25, 0.3) is 0 Å². The lowest BCUT2D eigenvalue weighted by molar-refractivity contribution is 0.0996. The van der Waals surface area contributed by atoms with E-state index in [9.17, 15) is 9.59 Å². The molecule has 7 nitrogen and oxygen atoms in total. The number of aromatic nitrogens is 1. The van der Waals surface area contributed by atoms with Crippen LogP contribution in [0.2, 0.25) is 0 Å². The molecule has 3 N–H and O–H groups in total. The molecule has 2 aromatic rings. The van der Waals surface area contributed by atoms with Gasteiger partial charge in [0.1, 0.15) is 5.82 Å². The minimum Gasteiger partial charge on any atom is -0.366 e. The number of piperazine rings is 1. The Bertz CT molecular complexity index is 917. The number of primary amides is 1. The number of carbonyl (C=O) groups excluding carboxylic acids is 2. The molecule has 0 radical (unpaired) electrons. The number of aryl methyl sites for hydroxylation is 1. The van der Waals surface area contributed by atoms with Crippen molar-refractivity contribution >= 4 is 23.3 Å². The highest BCUT2D eigenvalue weighted by Gasteiger charge is 2.26. The summed E-state index contributed by atoms with van der Waals surface area (Å²) in [6.45, 7) is 7.00. The molecule has 2 heterocycles. The molecule has 0 bridgehead atoms. The molecular formula is C22H27N5O2. The number of rotatable bonds is 6. The van der Waals surface area contributed by atoms with Gasteiger partial charge in [0, 0.05) is 55.7 Å². The number of pyridine rings is 1. The summed E-state index contributed by atoms with van der Waals surface area (Å²) in [5.74, 6) is 0.979. The maximum absolute atomic E-state index is 12.8. The lowest BCUT2D eigenvalue weighted by atomic mass is 10.1. The SMILES string of the molecule is Cc1ccc(C(N)=O)cc1NC(=O)c1ccnc(N2CCN(CC3CC3)CC2)c1. The fourth-order valence-electron chi connectivity index (χ4n) is 3.66. The molecule has 1 saturated heterocycles. The molecule has 1 aromatic heterocycles. The molecule has 2 amide bonds. The third kappa shape index (κ3) is 4.74. The summed E-state index contributed by atoms with van der Waals surface area (Å²) in [6, 6.07) is 8.57. The first-order valence-corrected chi connectivity index (χ1v) is 10.1. The number of amides is 2. The molecule has 152 valence electrons. The molecule has 29 heavy (non-hydrogen) atoms. The van der Waals surface area contributed by atoms with Gasteiger partial charge in [-0.1, -0.05) is 6.07 Å². The van der Waals surface area contributed by atoms with Crippen molar-refractivity contribution in [2.45, 2.75) is 19.8 Å². The van der Waals surface area contributed by atoms with Crippen molar-refractivity contribution in [3.05, 3.63) is 53.2 Å². The third-order valence-corrected chi connectivity index (χ3v) is 5.69. The number of nitrogens with zero attached hydrogens (tertiary/aromatic N) is 3. The second-order valence-corrected chi connectivity index (χ2v) is 7.98. The summed E-state index contributed by atoms with van der Waals surface area (Å²) in [7, 11) is 0. The summed E-state index contributed by atoms with van der Waals surface area (Å²) in [5.41, 5.74) is 7.70. The van der Waals surface area contributed by atoms with Crippen molar-refractivity contribution in [2.75, 3.05) is 42.9 Å². The average molecular weight is 393 g/mol. The molecule has 1 aliphatic heterocycles. The van der Waals surface area contributed by atoms with E-state index in [-0.39, 0.29) is 5.91 Å². The van der Waals surface area contributed by atoms with Gasteiger partial charge >= 0.3 is 0 Å². The molecule has 4 rings (SSSR count). The van der Waals surface area contributed by atoms with Crippen LogP contribution in [0.3, 0.4) is 0 Å². The number of nitrogens with one attached hydrogen (secondary N) is 1. The lowest BCUT2D eigenvalue weighted by Crippen LogP contribution is -2.47. The van der Waals surface area contributed by atoms with Gasteiger partial charge in [0.25, 0.3) is 5.91 Å². The van der Waals surface area contributed by atoms with Crippen molar-refractivity contribution in [3.63, 3.8) is 0 Å². The molecule has 1 aromatic carbocycles. The van der Waals surface area contributed by atoms with E-state index < -0.39 is 5.91 Å². The Morgan fingerprint density at radius 3 is 2.55 bits per heavy atom. The predicted octanol–water partition coefficient (Wildman–Crippen LogP) is 2.27. The van der Waals surface area contributed by atoms with Crippen LogP contribution in [0.5, 0.6) is 0 Å². The van der Waals surface area contributed by atoms with Crippen molar-refractivity contribution in [2.24, 2.45) is 11.7 Å². The summed E-state index contributed by atoms with van der Waals surface area (Å²) < 4.78 is 0. The van der Waals surface area contributed by atoms with E-state index in [1.54, 1.807) is 30.5 Å². The quantitative estimate of drug-likeness (QED) is 0.786. The van der Waals surface area contributed by atoms with Crippen LogP contribution in [0, 0.1) is 12.8 Å². The van der Waals surface area contributed by atoms with Gasteiger partial charge in [0.15, 0.2) is 0 Å². The van der Waals surface area contributed by atoms with Crippen LogP contribution in [0.4, 0.5) is 11.5 Å². The first kappa shape index (κ1) is 19.4. The van der Waals surface area contributed by atoms with Gasteiger partial charge in [-0.05, 0) is 55.5 Å². The van der Waals surface area contributed by atoms with E-state index >= 15 is 0 Å². The Morgan fingerprint density at radius 2 is 1.86 bits per heavy atom. The molecule has 2 fully saturated rings. The zero-order valence-corrected chi connectivity index (χ0v) is 16.7. The molecule has 0 atom stereocenters. The molecule has 2 aliphatic rings. The Morgan fingerprint density at radius 1 is 1.10 bits per heavy atom. The van der Waals surface area contributed by atoms with E-state index in [4.69, 9.17) is 5.73 Å². The van der Waals surface area contributed by atoms with Crippen LogP contribution < -0.4 is 16.0 Å². The van der Waals surface area contributed by atoms with Crippen molar-refractivity contribution in [1.29, 1.82) is 0 Å². The van der Waals surface area contributed by atoms with E-state index in [0.29, 0.717) is 16.8 Å². The minimum absolute atomic E-state index is 0.231. The topological polar surface area (TPSA) is 91.6 Å². The maximum atomic E-state index is 12.8. The highest BCUT2D eigenvalue weighted by molar-refractivity contribution is 6.05. The maximum Gasteiger partial charge on any atom is 0.255 e. The molecular weight excluding hydrogens is 366 g/mol. The zero-order valence-electron chi connectivity index (χ0n) is 16.7. The van der Waals surface area contributed by atoms with E-state index in [2.05, 4.69) is 20.1 Å². The normalized spacial score (nSPS) is 17.2. The summed E-state index contributed by atoms with van der Waals surface area (Å²) in [5, 5.41) is 2.89. The van der Waals surface area contributed by atoms with Crippen LogP contribution in [-0.2, 0) is 0 Å². The Hall–Kier alpha value is -2.93. The van der Waals surface area contributed by atoms with Crippen molar-refractivity contribution < 1.29 is 9.59 Å². The van der Waals surface area contributed by atoms with Gasteiger partial charge in [0.05, 0.1) is 0 Å². The minimum atomic E-state index is -0.521. The van der Waals surface area contributed by atoms with Gasteiger partial charge in [0.2, 0.25) is 5.91 Å².